The van der Waals surface area contributed by atoms with Crippen molar-refractivity contribution in [3.05, 3.63) is 42.2 Å². The van der Waals surface area contributed by atoms with E-state index in [1.165, 1.54) is 12.4 Å². The summed E-state index contributed by atoms with van der Waals surface area (Å²) in [6.45, 7) is 2.85. The fourth-order valence-corrected chi connectivity index (χ4v) is 1.52. The molecule has 0 saturated heterocycles. The minimum atomic E-state index is -0.880. The summed E-state index contributed by atoms with van der Waals surface area (Å²) >= 11 is 0. The van der Waals surface area contributed by atoms with Crippen molar-refractivity contribution < 1.29 is 8.78 Å². The highest BCUT2D eigenvalue weighted by Gasteiger charge is 2.06. The topological polar surface area (TPSA) is 37.8 Å². The molecule has 94 valence electrons. The molecule has 1 N–H and O–H groups in total. The van der Waals surface area contributed by atoms with Gasteiger partial charge in [-0.3, -0.25) is 0 Å². The predicted octanol–water partition coefficient (Wildman–Crippen LogP) is 3.24. The van der Waals surface area contributed by atoms with E-state index in [1.807, 2.05) is 6.92 Å². The molecule has 0 atom stereocenters. The quantitative estimate of drug-likeness (QED) is 0.903. The second-order valence-electron chi connectivity index (χ2n) is 3.84. The Morgan fingerprint density at radius 2 is 1.94 bits per heavy atom. The lowest BCUT2D eigenvalue weighted by molar-refractivity contribution is 0.509. The van der Waals surface area contributed by atoms with Crippen molar-refractivity contribution in [2.75, 3.05) is 11.9 Å². The van der Waals surface area contributed by atoms with Gasteiger partial charge in [0.15, 0.2) is 11.6 Å². The second-order valence-corrected chi connectivity index (χ2v) is 3.84. The van der Waals surface area contributed by atoms with Gasteiger partial charge >= 0.3 is 0 Å². The molecule has 1 heterocycles. The number of halogens is 2. The zero-order chi connectivity index (χ0) is 13.0. The minimum Gasteiger partial charge on any atom is -0.370 e. The summed E-state index contributed by atoms with van der Waals surface area (Å²) in [7, 11) is 0. The van der Waals surface area contributed by atoms with E-state index < -0.39 is 11.6 Å². The first-order valence-electron chi connectivity index (χ1n) is 5.72. The third-order valence-corrected chi connectivity index (χ3v) is 2.44. The summed E-state index contributed by atoms with van der Waals surface area (Å²) in [5, 5.41) is 3.11. The first-order chi connectivity index (χ1) is 8.70. The maximum absolute atomic E-state index is 13.1. The highest BCUT2D eigenvalue weighted by molar-refractivity contribution is 5.62. The molecular weight excluding hydrogens is 236 g/mol. The Labute approximate surface area is 104 Å². The van der Waals surface area contributed by atoms with Gasteiger partial charge in [0.05, 0.1) is 5.69 Å². The summed E-state index contributed by atoms with van der Waals surface area (Å²) in [4.78, 5) is 8.10. The lowest BCUT2D eigenvalue weighted by Crippen LogP contribution is -2.02. The summed E-state index contributed by atoms with van der Waals surface area (Å²) in [6.07, 6.45) is 2.37. The van der Waals surface area contributed by atoms with E-state index in [9.17, 15) is 8.78 Å². The van der Waals surface area contributed by atoms with E-state index >= 15 is 0 Å². The van der Waals surface area contributed by atoms with Gasteiger partial charge in [-0.25, -0.2) is 18.7 Å². The first kappa shape index (κ1) is 12.4. The molecule has 0 saturated carbocycles. The van der Waals surface area contributed by atoms with E-state index in [4.69, 9.17) is 0 Å². The van der Waals surface area contributed by atoms with Crippen LogP contribution in [0.1, 0.15) is 13.3 Å². The van der Waals surface area contributed by atoms with Crippen LogP contribution in [0.3, 0.4) is 0 Å². The molecule has 0 aliphatic rings. The molecule has 0 unspecified atom stereocenters. The molecule has 2 rings (SSSR count). The normalized spacial score (nSPS) is 10.4. The molecular formula is C13H13F2N3. The smallest absolute Gasteiger partial charge is 0.159 e. The minimum absolute atomic E-state index is 0.524. The van der Waals surface area contributed by atoms with Crippen LogP contribution in [0.4, 0.5) is 14.6 Å². The van der Waals surface area contributed by atoms with E-state index in [0.29, 0.717) is 17.1 Å². The van der Waals surface area contributed by atoms with Crippen LogP contribution >= 0.6 is 0 Å². The zero-order valence-corrected chi connectivity index (χ0v) is 9.95. The van der Waals surface area contributed by atoms with Crippen molar-refractivity contribution in [1.82, 2.24) is 9.97 Å². The van der Waals surface area contributed by atoms with Gasteiger partial charge in [0.1, 0.15) is 12.1 Å². The van der Waals surface area contributed by atoms with Crippen molar-refractivity contribution in [3.8, 4) is 11.3 Å². The number of benzene rings is 1. The summed E-state index contributed by atoms with van der Waals surface area (Å²) < 4.78 is 26.0. The molecule has 1 aromatic heterocycles. The van der Waals surface area contributed by atoms with Crippen molar-refractivity contribution in [1.29, 1.82) is 0 Å². The molecule has 0 aliphatic heterocycles. The number of rotatable bonds is 4. The Morgan fingerprint density at radius 3 is 2.67 bits per heavy atom. The van der Waals surface area contributed by atoms with Crippen LogP contribution < -0.4 is 5.32 Å². The van der Waals surface area contributed by atoms with Gasteiger partial charge in [0.25, 0.3) is 0 Å². The molecule has 0 spiro atoms. The monoisotopic (exact) mass is 249 g/mol. The Hall–Kier alpha value is -2.04. The molecule has 2 aromatic rings. The molecule has 0 aliphatic carbocycles. The predicted molar refractivity (Wildman–Crippen MR) is 66.2 cm³/mol. The molecule has 0 radical (unpaired) electrons. The van der Waals surface area contributed by atoms with E-state index in [2.05, 4.69) is 15.3 Å². The summed E-state index contributed by atoms with van der Waals surface area (Å²) in [6, 6.07) is 5.42. The van der Waals surface area contributed by atoms with Gasteiger partial charge in [-0.2, -0.15) is 0 Å². The van der Waals surface area contributed by atoms with Gasteiger partial charge in [0, 0.05) is 18.2 Å². The lowest BCUT2D eigenvalue weighted by Gasteiger charge is -2.06. The largest absolute Gasteiger partial charge is 0.370 e. The van der Waals surface area contributed by atoms with Crippen LogP contribution in [0, 0.1) is 11.6 Å². The Balaban J connectivity index is 2.29. The van der Waals surface area contributed by atoms with Crippen LogP contribution in [0.15, 0.2) is 30.6 Å². The lowest BCUT2D eigenvalue weighted by atomic mass is 10.1. The number of hydrogen-bond acceptors (Lipinski definition) is 3. The van der Waals surface area contributed by atoms with Crippen LogP contribution in [-0.4, -0.2) is 16.5 Å². The Bertz CT molecular complexity index is 544. The molecule has 3 nitrogen and oxygen atoms in total. The maximum atomic E-state index is 13.1. The van der Waals surface area contributed by atoms with Gasteiger partial charge in [0.2, 0.25) is 0 Å². The number of aromatic nitrogens is 2. The molecule has 0 fully saturated rings. The third-order valence-electron chi connectivity index (χ3n) is 2.44. The number of nitrogens with one attached hydrogen (secondary N) is 1. The third kappa shape index (κ3) is 2.80. The summed E-state index contributed by atoms with van der Waals surface area (Å²) in [5.41, 5.74) is 1.08. The van der Waals surface area contributed by atoms with Crippen molar-refractivity contribution in [2.24, 2.45) is 0 Å². The number of hydrogen-bond donors (Lipinski definition) is 1. The summed E-state index contributed by atoms with van der Waals surface area (Å²) in [5.74, 6) is -1.07. The van der Waals surface area contributed by atoms with Gasteiger partial charge < -0.3 is 5.32 Å². The number of anilines is 1. The molecule has 0 amide bonds. The molecule has 0 bridgehead atoms. The maximum Gasteiger partial charge on any atom is 0.159 e. The average Bonchev–Trinajstić information content (AvgIpc) is 2.40. The van der Waals surface area contributed by atoms with Gasteiger partial charge in [-0.05, 0) is 24.6 Å². The fraction of sp³-hybridized carbons (Fsp3) is 0.231. The van der Waals surface area contributed by atoms with Gasteiger partial charge in [-0.15, -0.1) is 0 Å². The molecule has 5 heteroatoms. The molecule has 18 heavy (non-hydrogen) atoms. The molecule has 1 aromatic carbocycles. The Kier molecular flexibility index (Phi) is 3.82. The van der Waals surface area contributed by atoms with Gasteiger partial charge in [-0.1, -0.05) is 6.92 Å². The Morgan fingerprint density at radius 1 is 1.11 bits per heavy atom. The van der Waals surface area contributed by atoms with Crippen molar-refractivity contribution in [3.63, 3.8) is 0 Å². The highest BCUT2D eigenvalue weighted by atomic mass is 19.2. The second kappa shape index (κ2) is 5.53. The van der Waals surface area contributed by atoms with E-state index in [-0.39, 0.29) is 0 Å². The number of nitrogens with zero attached hydrogens (tertiary/aromatic N) is 2. The zero-order valence-electron chi connectivity index (χ0n) is 9.95. The van der Waals surface area contributed by atoms with Crippen LogP contribution in [0.2, 0.25) is 0 Å². The van der Waals surface area contributed by atoms with Crippen molar-refractivity contribution >= 4 is 5.82 Å². The van der Waals surface area contributed by atoms with E-state index in [0.717, 1.165) is 25.1 Å². The van der Waals surface area contributed by atoms with E-state index in [1.54, 1.807) is 6.07 Å². The van der Waals surface area contributed by atoms with Crippen LogP contribution in [0.5, 0.6) is 0 Å². The van der Waals surface area contributed by atoms with Crippen molar-refractivity contribution in [2.45, 2.75) is 13.3 Å². The SMILES string of the molecule is CCCNc1cc(-c2ccc(F)c(F)c2)ncn1. The standard InChI is InChI=1S/C13H13F2N3/c1-2-5-16-13-7-12(17-8-18-13)9-3-4-10(14)11(15)6-9/h3-4,6-8H,2,5H2,1H3,(H,16,17,18). The highest BCUT2D eigenvalue weighted by Crippen LogP contribution is 2.20. The fourth-order valence-electron chi connectivity index (χ4n) is 1.52. The average molecular weight is 249 g/mol. The van der Waals surface area contributed by atoms with Crippen LogP contribution in [-0.2, 0) is 0 Å². The first-order valence-corrected chi connectivity index (χ1v) is 5.72. The van der Waals surface area contributed by atoms with Crippen LogP contribution in [0.25, 0.3) is 11.3 Å².